The standard InChI is InChI=1S/C12H17Cl2NO3S/c1-3-6-15(7-8-18-2)19(16,17)12-5-4-10(13)9-11(12)14/h4-5,9H,3,6-8H2,1-2H3. The average Bonchev–Trinajstić information content (AvgIpc) is 2.33. The predicted molar refractivity (Wildman–Crippen MR) is 77.4 cm³/mol. The van der Waals surface area contributed by atoms with Crippen molar-refractivity contribution in [1.82, 2.24) is 4.31 Å². The lowest BCUT2D eigenvalue weighted by molar-refractivity contribution is 0.179. The van der Waals surface area contributed by atoms with E-state index in [4.69, 9.17) is 27.9 Å². The molecule has 0 fully saturated rings. The van der Waals surface area contributed by atoms with Gasteiger partial charge in [-0.3, -0.25) is 0 Å². The van der Waals surface area contributed by atoms with Crippen LogP contribution in [-0.2, 0) is 14.8 Å². The summed E-state index contributed by atoms with van der Waals surface area (Å²) in [6.07, 6.45) is 0.716. The van der Waals surface area contributed by atoms with Gasteiger partial charge in [0.2, 0.25) is 10.0 Å². The first kappa shape index (κ1) is 16.7. The number of methoxy groups -OCH3 is 1. The fraction of sp³-hybridized carbons (Fsp3) is 0.500. The molecule has 0 spiro atoms. The third-order valence-corrected chi connectivity index (χ3v) is 5.15. The molecule has 0 saturated carbocycles. The van der Waals surface area contributed by atoms with Crippen LogP contribution in [0.2, 0.25) is 10.0 Å². The number of benzene rings is 1. The monoisotopic (exact) mass is 325 g/mol. The van der Waals surface area contributed by atoms with Crippen molar-refractivity contribution in [2.24, 2.45) is 0 Å². The van der Waals surface area contributed by atoms with E-state index in [1.165, 1.54) is 29.6 Å². The van der Waals surface area contributed by atoms with E-state index in [1.54, 1.807) is 0 Å². The predicted octanol–water partition coefficient (Wildman–Crippen LogP) is 3.04. The van der Waals surface area contributed by atoms with Gasteiger partial charge in [0.05, 0.1) is 11.6 Å². The van der Waals surface area contributed by atoms with Gasteiger partial charge in [-0.25, -0.2) is 8.42 Å². The van der Waals surface area contributed by atoms with Crippen LogP contribution in [-0.4, -0.2) is 39.5 Å². The first-order valence-electron chi connectivity index (χ1n) is 5.87. The van der Waals surface area contributed by atoms with E-state index < -0.39 is 10.0 Å². The third-order valence-electron chi connectivity index (χ3n) is 2.53. The molecule has 0 unspecified atom stereocenters. The fourth-order valence-corrected chi connectivity index (χ4v) is 3.88. The lowest BCUT2D eigenvalue weighted by atomic mass is 10.4. The molecule has 0 radical (unpaired) electrons. The molecule has 1 aromatic carbocycles. The molecular weight excluding hydrogens is 309 g/mol. The Morgan fingerprint density at radius 3 is 2.47 bits per heavy atom. The second kappa shape index (κ2) is 7.45. The van der Waals surface area contributed by atoms with E-state index in [0.29, 0.717) is 31.1 Å². The summed E-state index contributed by atoms with van der Waals surface area (Å²) >= 11 is 11.7. The van der Waals surface area contributed by atoms with Crippen LogP contribution in [0.3, 0.4) is 0 Å². The topological polar surface area (TPSA) is 46.6 Å². The van der Waals surface area contributed by atoms with Crippen LogP contribution in [0.5, 0.6) is 0 Å². The van der Waals surface area contributed by atoms with Crippen molar-refractivity contribution in [3.8, 4) is 0 Å². The molecule has 108 valence electrons. The summed E-state index contributed by atoms with van der Waals surface area (Å²) in [5, 5.41) is 0.536. The molecule has 0 N–H and O–H groups in total. The van der Waals surface area contributed by atoms with Gasteiger partial charge in [0.1, 0.15) is 4.90 Å². The summed E-state index contributed by atoms with van der Waals surface area (Å²) in [6, 6.07) is 4.37. The summed E-state index contributed by atoms with van der Waals surface area (Å²) in [5.74, 6) is 0. The van der Waals surface area contributed by atoms with Crippen molar-refractivity contribution in [3.05, 3.63) is 28.2 Å². The maximum atomic E-state index is 12.5. The van der Waals surface area contributed by atoms with Crippen LogP contribution in [0.25, 0.3) is 0 Å². The zero-order valence-electron chi connectivity index (χ0n) is 10.9. The van der Waals surface area contributed by atoms with Crippen molar-refractivity contribution in [2.45, 2.75) is 18.2 Å². The maximum Gasteiger partial charge on any atom is 0.244 e. The van der Waals surface area contributed by atoms with Gasteiger partial charge in [-0.05, 0) is 24.6 Å². The van der Waals surface area contributed by atoms with Crippen molar-refractivity contribution in [1.29, 1.82) is 0 Å². The molecule has 0 aliphatic carbocycles. The van der Waals surface area contributed by atoms with Gasteiger partial charge in [0, 0.05) is 25.2 Å². The number of hydrogen-bond donors (Lipinski definition) is 0. The molecule has 0 saturated heterocycles. The first-order chi connectivity index (χ1) is 8.93. The molecule has 1 rings (SSSR count). The van der Waals surface area contributed by atoms with E-state index >= 15 is 0 Å². The van der Waals surface area contributed by atoms with Crippen LogP contribution in [0.1, 0.15) is 13.3 Å². The molecule has 0 bridgehead atoms. The SMILES string of the molecule is CCCN(CCOC)S(=O)(=O)c1ccc(Cl)cc1Cl. The molecule has 19 heavy (non-hydrogen) atoms. The summed E-state index contributed by atoms with van der Waals surface area (Å²) in [4.78, 5) is 0.0723. The summed E-state index contributed by atoms with van der Waals surface area (Å²) in [7, 11) is -2.09. The number of sulfonamides is 1. The zero-order chi connectivity index (χ0) is 14.5. The minimum Gasteiger partial charge on any atom is -0.383 e. The number of halogens is 2. The third kappa shape index (κ3) is 4.33. The minimum atomic E-state index is -3.62. The molecular formula is C12H17Cl2NO3S. The Kier molecular flexibility index (Phi) is 6.56. The number of rotatable bonds is 7. The lowest BCUT2D eigenvalue weighted by Crippen LogP contribution is -2.34. The highest BCUT2D eigenvalue weighted by atomic mass is 35.5. The van der Waals surface area contributed by atoms with Crippen molar-refractivity contribution in [2.75, 3.05) is 26.8 Å². The Morgan fingerprint density at radius 1 is 1.26 bits per heavy atom. The van der Waals surface area contributed by atoms with E-state index in [2.05, 4.69) is 0 Å². The smallest absolute Gasteiger partial charge is 0.244 e. The van der Waals surface area contributed by atoms with Gasteiger partial charge in [0.15, 0.2) is 0 Å². The van der Waals surface area contributed by atoms with Gasteiger partial charge in [-0.1, -0.05) is 30.1 Å². The molecule has 0 heterocycles. The lowest BCUT2D eigenvalue weighted by Gasteiger charge is -2.21. The molecule has 0 aliphatic rings. The Morgan fingerprint density at radius 2 is 1.95 bits per heavy atom. The van der Waals surface area contributed by atoms with Gasteiger partial charge in [-0.2, -0.15) is 4.31 Å². The van der Waals surface area contributed by atoms with Crippen molar-refractivity contribution in [3.63, 3.8) is 0 Å². The Balaban J connectivity index is 3.11. The minimum absolute atomic E-state index is 0.0723. The largest absolute Gasteiger partial charge is 0.383 e. The number of hydrogen-bond acceptors (Lipinski definition) is 3. The molecule has 1 aromatic rings. The quantitative estimate of drug-likeness (QED) is 0.774. The summed E-state index contributed by atoms with van der Waals surface area (Å²) < 4.78 is 31.3. The number of nitrogens with zero attached hydrogens (tertiary/aromatic N) is 1. The Bertz CT molecular complexity index is 520. The average molecular weight is 326 g/mol. The Labute approximate surface area is 124 Å². The van der Waals surface area contributed by atoms with Crippen LogP contribution < -0.4 is 0 Å². The second-order valence-electron chi connectivity index (χ2n) is 3.97. The van der Waals surface area contributed by atoms with Crippen LogP contribution >= 0.6 is 23.2 Å². The highest BCUT2D eigenvalue weighted by Gasteiger charge is 2.25. The van der Waals surface area contributed by atoms with Gasteiger partial charge >= 0.3 is 0 Å². The van der Waals surface area contributed by atoms with Gasteiger partial charge in [-0.15, -0.1) is 0 Å². The number of ether oxygens (including phenoxy) is 1. The fourth-order valence-electron chi connectivity index (χ4n) is 1.62. The highest BCUT2D eigenvalue weighted by Crippen LogP contribution is 2.27. The van der Waals surface area contributed by atoms with Gasteiger partial charge < -0.3 is 4.74 Å². The molecule has 0 aliphatic heterocycles. The van der Waals surface area contributed by atoms with Crippen LogP contribution in [0.15, 0.2) is 23.1 Å². The van der Waals surface area contributed by atoms with Crippen molar-refractivity contribution < 1.29 is 13.2 Å². The normalized spacial score (nSPS) is 12.1. The second-order valence-corrected chi connectivity index (χ2v) is 6.72. The van der Waals surface area contributed by atoms with E-state index in [9.17, 15) is 8.42 Å². The van der Waals surface area contributed by atoms with E-state index in [0.717, 1.165) is 0 Å². The first-order valence-corrected chi connectivity index (χ1v) is 8.07. The molecule has 4 nitrogen and oxygen atoms in total. The Hall–Kier alpha value is -0.330. The van der Waals surface area contributed by atoms with Gasteiger partial charge in [0.25, 0.3) is 0 Å². The molecule has 7 heteroatoms. The summed E-state index contributed by atoms with van der Waals surface area (Å²) in [5.41, 5.74) is 0. The van der Waals surface area contributed by atoms with Crippen molar-refractivity contribution >= 4 is 33.2 Å². The van der Waals surface area contributed by atoms with E-state index in [-0.39, 0.29) is 9.92 Å². The van der Waals surface area contributed by atoms with E-state index in [1.807, 2.05) is 6.92 Å². The molecule has 0 aromatic heterocycles. The zero-order valence-corrected chi connectivity index (χ0v) is 13.2. The molecule has 0 atom stereocenters. The maximum absolute atomic E-state index is 12.5. The molecule has 0 amide bonds. The van der Waals surface area contributed by atoms with Crippen LogP contribution in [0, 0.1) is 0 Å². The van der Waals surface area contributed by atoms with Crippen LogP contribution in [0.4, 0.5) is 0 Å². The summed E-state index contributed by atoms with van der Waals surface area (Å²) in [6.45, 7) is 2.97. The highest BCUT2D eigenvalue weighted by molar-refractivity contribution is 7.89.